The van der Waals surface area contributed by atoms with Crippen molar-refractivity contribution >= 4 is 5.78 Å². The maximum atomic E-state index is 12.7. The van der Waals surface area contributed by atoms with Gasteiger partial charge in [0.05, 0.1) is 12.7 Å². The summed E-state index contributed by atoms with van der Waals surface area (Å²) in [6.45, 7) is 1.26. The molecule has 2 nitrogen and oxygen atoms in total. The van der Waals surface area contributed by atoms with Crippen LogP contribution in [0.5, 0.6) is 5.75 Å². The molecule has 70 valence electrons. The third-order valence-corrected chi connectivity index (χ3v) is 1.62. The molecule has 0 aliphatic carbocycles. The third kappa shape index (κ3) is 1.83. The van der Waals surface area contributed by atoms with Crippen LogP contribution < -0.4 is 4.74 Å². The lowest BCUT2D eigenvalue weighted by molar-refractivity contribution is 0.101. The molecule has 4 heteroatoms. The molecule has 0 fully saturated rings. The number of halogens is 2. The molecule has 0 heterocycles. The van der Waals surface area contributed by atoms with Gasteiger partial charge in [0.2, 0.25) is 0 Å². The Morgan fingerprint density at radius 2 is 1.85 bits per heavy atom. The molecular weight excluding hydrogens is 178 g/mol. The van der Waals surface area contributed by atoms with Crippen LogP contribution in [0.2, 0.25) is 0 Å². The van der Waals surface area contributed by atoms with Crippen molar-refractivity contribution in [3.63, 3.8) is 0 Å². The predicted octanol–water partition coefficient (Wildman–Crippen LogP) is 2.18. The second-order valence-electron chi connectivity index (χ2n) is 2.52. The molecule has 0 unspecified atom stereocenters. The van der Waals surface area contributed by atoms with Gasteiger partial charge in [-0.1, -0.05) is 0 Å². The topological polar surface area (TPSA) is 26.3 Å². The van der Waals surface area contributed by atoms with Crippen LogP contribution in [0.1, 0.15) is 17.3 Å². The van der Waals surface area contributed by atoms with Crippen molar-refractivity contribution in [1.29, 1.82) is 0 Å². The molecular formula is C9H8F2O2. The second kappa shape index (κ2) is 3.51. The summed E-state index contributed by atoms with van der Waals surface area (Å²) in [6.07, 6.45) is 0. The lowest BCUT2D eigenvalue weighted by Gasteiger charge is -2.05. The lowest BCUT2D eigenvalue weighted by Crippen LogP contribution is -2.00. The van der Waals surface area contributed by atoms with Crippen molar-refractivity contribution in [3.8, 4) is 5.75 Å². The molecule has 0 spiro atoms. The van der Waals surface area contributed by atoms with Crippen LogP contribution in [0.3, 0.4) is 0 Å². The summed E-state index contributed by atoms with van der Waals surface area (Å²) in [5, 5.41) is 0. The monoisotopic (exact) mass is 186 g/mol. The van der Waals surface area contributed by atoms with Gasteiger partial charge in [-0.2, -0.15) is 0 Å². The number of hydrogen-bond donors (Lipinski definition) is 0. The molecule has 0 aromatic heterocycles. The standard InChI is InChI=1S/C9H8F2O2/c1-5(12)6-3-7(10)8(11)4-9(6)13-2/h3-4H,1-2H3. The van der Waals surface area contributed by atoms with Crippen LogP contribution in [0, 0.1) is 11.6 Å². The van der Waals surface area contributed by atoms with E-state index in [9.17, 15) is 13.6 Å². The Hall–Kier alpha value is -1.45. The van der Waals surface area contributed by atoms with Crippen molar-refractivity contribution in [3.05, 3.63) is 29.3 Å². The Kier molecular flexibility index (Phi) is 2.60. The number of carbonyl (C=O) groups excluding carboxylic acids is 1. The van der Waals surface area contributed by atoms with Crippen molar-refractivity contribution in [2.75, 3.05) is 7.11 Å². The van der Waals surface area contributed by atoms with E-state index in [-0.39, 0.29) is 17.1 Å². The van der Waals surface area contributed by atoms with Crippen molar-refractivity contribution in [2.24, 2.45) is 0 Å². The Morgan fingerprint density at radius 3 is 2.31 bits per heavy atom. The van der Waals surface area contributed by atoms with Crippen LogP contribution >= 0.6 is 0 Å². The fourth-order valence-corrected chi connectivity index (χ4v) is 0.973. The molecule has 0 aliphatic rings. The maximum Gasteiger partial charge on any atom is 0.163 e. The number of methoxy groups -OCH3 is 1. The van der Waals surface area contributed by atoms with Gasteiger partial charge in [-0.05, 0) is 13.0 Å². The molecule has 0 amide bonds. The van der Waals surface area contributed by atoms with Gasteiger partial charge in [0.1, 0.15) is 5.75 Å². The zero-order valence-electron chi connectivity index (χ0n) is 7.23. The highest BCUT2D eigenvalue weighted by Crippen LogP contribution is 2.22. The highest BCUT2D eigenvalue weighted by atomic mass is 19.2. The van der Waals surface area contributed by atoms with Gasteiger partial charge < -0.3 is 4.74 Å². The van der Waals surface area contributed by atoms with E-state index in [0.717, 1.165) is 12.1 Å². The van der Waals surface area contributed by atoms with Gasteiger partial charge in [-0.3, -0.25) is 4.79 Å². The maximum absolute atomic E-state index is 12.7. The van der Waals surface area contributed by atoms with E-state index in [2.05, 4.69) is 0 Å². The minimum Gasteiger partial charge on any atom is -0.496 e. The van der Waals surface area contributed by atoms with Gasteiger partial charge in [-0.15, -0.1) is 0 Å². The van der Waals surface area contributed by atoms with E-state index in [1.165, 1.54) is 14.0 Å². The van der Waals surface area contributed by atoms with E-state index >= 15 is 0 Å². The normalized spacial score (nSPS) is 9.85. The van der Waals surface area contributed by atoms with Gasteiger partial charge in [0.25, 0.3) is 0 Å². The summed E-state index contributed by atoms with van der Waals surface area (Å²) in [5.74, 6) is -2.39. The number of ether oxygens (including phenoxy) is 1. The predicted molar refractivity (Wildman–Crippen MR) is 42.9 cm³/mol. The smallest absolute Gasteiger partial charge is 0.163 e. The van der Waals surface area contributed by atoms with E-state index in [1.807, 2.05) is 0 Å². The zero-order valence-corrected chi connectivity index (χ0v) is 7.23. The van der Waals surface area contributed by atoms with E-state index in [0.29, 0.717) is 0 Å². The van der Waals surface area contributed by atoms with E-state index < -0.39 is 11.6 Å². The zero-order chi connectivity index (χ0) is 10.0. The summed E-state index contributed by atoms with van der Waals surface area (Å²) in [7, 11) is 1.29. The molecule has 13 heavy (non-hydrogen) atoms. The van der Waals surface area contributed by atoms with Gasteiger partial charge in [0, 0.05) is 6.07 Å². The minimum absolute atomic E-state index is 0.0430. The second-order valence-corrected chi connectivity index (χ2v) is 2.52. The number of carbonyl (C=O) groups is 1. The number of hydrogen-bond acceptors (Lipinski definition) is 2. The average molecular weight is 186 g/mol. The quantitative estimate of drug-likeness (QED) is 0.661. The Morgan fingerprint density at radius 1 is 1.31 bits per heavy atom. The van der Waals surface area contributed by atoms with Crippen LogP contribution in [-0.2, 0) is 0 Å². The molecule has 0 aliphatic heterocycles. The summed E-state index contributed by atoms with van der Waals surface area (Å²) < 4.78 is 30.0. The van der Waals surface area contributed by atoms with Crippen LogP contribution in [0.15, 0.2) is 12.1 Å². The molecule has 0 atom stereocenters. The molecule has 1 aromatic carbocycles. The van der Waals surface area contributed by atoms with E-state index in [4.69, 9.17) is 4.74 Å². The Balaban J connectivity index is 3.33. The molecule has 0 N–H and O–H groups in total. The van der Waals surface area contributed by atoms with Gasteiger partial charge in [-0.25, -0.2) is 8.78 Å². The van der Waals surface area contributed by atoms with Crippen LogP contribution in [0.4, 0.5) is 8.78 Å². The van der Waals surface area contributed by atoms with Crippen LogP contribution in [0.25, 0.3) is 0 Å². The molecule has 0 saturated carbocycles. The van der Waals surface area contributed by atoms with Gasteiger partial charge >= 0.3 is 0 Å². The van der Waals surface area contributed by atoms with Crippen molar-refractivity contribution < 1.29 is 18.3 Å². The summed E-state index contributed by atoms with van der Waals surface area (Å²) in [5.41, 5.74) is 0.0430. The molecule has 1 aromatic rings. The number of ketones is 1. The fourth-order valence-electron chi connectivity index (χ4n) is 0.973. The van der Waals surface area contributed by atoms with Gasteiger partial charge in [0.15, 0.2) is 17.4 Å². The number of rotatable bonds is 2. The minimum atomic E-state index is -1.05. The summed E-state index contributed by atoms with van der Waals surface area (Å²) in [6, 6.07) is 1.68. The molecule has 0 radical (unpaired) electrons. The summed E-state index contributed by atoms with van der Waals surface area (Å²) >= 11 is 0. The first-order chi connectivity index (χ1) is 6.06. The fraction of sp³-hybridized carbons (Fsp3) is 0.222. The average Bonchev–Trinajstić information content (AvgIpc) is 2.08. The molecule has 1 rings (SSSR count). The highest BCUT2D eigenvalue weighted by Gasteiger charge is 2.13. The first-order valence-electron chi connectivity index (χ1n) is 3.60. The van der Waals surface area contributed by atoms with Crippen molar-refractivity contribution in [1.82, 2.24) is 0 Å². The first-order valence-corrected chi connectivity index (χ1v) is 3.60. The number of benzene rings is 1. The Labute approximate surface area is 74.1 Å². The van der Waals surface area contributed by atoms with Crippen LogP contribution in [-0.4, -0.2) is 12.9 Å². The Bertz CT molecular complexity index is 348. The molecule has 0 bridgehead atoms. The molecule has 0 saturated heterocycles. The number of Topliss-reactive ketones (excluding diaryl/α,β-unsaturated/α-hetero) is 1. The highest BCUT2D eigenvalue weighted by molar-refractivity contribution is 5.96. The van der Waals surface area contributed by atoms with Crippen molar-refractivity contribution in [2.45, 2.75) is 6.92 Å². The third-order valence-electron chi connectivity index (χ3n) is 1.62. The largest absolute Gasteiger partial charge is 0.496 e. The summed E-state index contributed by atoms with van der Waals surface area (Å²) in [4.78, 5) is 10.9. The SMILES string of the molecule is COc1cc(F)c(F)cc1C(C)=O. The lowest BCUT2D eigenvalue weighted by atomic mass is 10.1. The first kappa shape index (κ1) is 9.64. The van der Waals surface area contributed by atoms with E-state index in [1.54, 1.807) is 0 Å².